The van der Waals surface area contributed by atoms with Gasteiger partial charge in [0, 0.05) is 13.1 Å². The van der Waals surface area contributed by atoms with E-state index in [-0.39, 0.29) is 22.0 Å². The number of nitro benzene ring substituents is 1. The quantitative estimate of drug-likeness (QED) is 0.397. The van der Waals surface area contributed by atoms with Gasteiger partial charge in [-0.25, -0.2) is 4.68 Å². The second-order valence-electron chi connectivity index (χ2n) is 6.29. The molecule has 0 radical (unpaired) electrons. The number of nitrogens with zero attached hydrogens (tertiary/aromatic N) is 3. The summed E-state index contributed by atoms with van der Waals surface area (Å²) in [5, 5.41) is 17.1. The molecule has 9 heteroatoms. The van der Waals surface area contributed by atoms with Crippen LogP contribution in [0.2, 0.25) is 0 Å². The van der Waals surface area contributed by atoms with Gasteiger partial charge in [-0.3, -0.25) is 19.6 Å². The summed E-state index contributed by atoms with van der Waals surface area (Å²) in [4.78, 5) is 23.7. The molecule has 0 saturated heterocycles. The number of hydrogen-bond donors (Lipinski definition) is 2. The molecule has 2 N–H and O–H groups in total. The Balaban J connectivity index is 1.90. The van der Waals surface area contributed by atoms with Gasteiger partial charge in [0.2, 0.25) is 0 Å². The Labute approximate surface area is 166 Å². The van der Waals surface area contributed by atoms with Crippen molar-refractivity contribution in [3.05, 3.63) is 80.3 Å². The predicted octanol–water partition coefficient (Wildman–Crippen LogP) is 3.51. The minimum atomic E-state index is -0.478. The molecule has 3 rings (SSSR count). The molecule has 0 fully saturated rings. The molecule has 0 amide bonds. The first-order valence-electron chi connectivity index (χ1n) is 8.46. The van der Waals surface area contributed by atoms with Gasteiger partial charge in [0.05, 0.1) is 16.3 Å². The average Bonchev–Trinajstić information content (AvgIpc) is 2.87. The number of nitro groups is 1. The summed E-state index contributed by atoms with van der Waals surface area (Å²) in [5.74, 6) is 0. The molecular weight excluding hydrogens is 378 g/mol. The molecule has 3 aromatic rings. The molecule has 0 bridgehead atoms. The second kappa shape index (κ2) is 7.65. The number of anilines is 2. The van der Waals surface area contributed by atoms with E-state index >= 15 is 0 Å². The first kappa shape index (κ1) is 19.3. The number of nitrogens with one attached hydrogen (secondary N) is 2. The number of rotatable bonds is 4. The van der Waals surface area contributed by atoms with E-state index in [4.69, 9.17) is 12.2 Å². The fraction of sp³-hybridized carbons (Fsp3) is 0.158. The third kappa shape index (κ3) is 3.65. The van der Waals surface area contributed by atoms with Gasteiger partial charge in [0.25, 0.3) is 11.2 Å². The van der Waals surface area contributed by atoms with Crippen LogP contribution in [0.25, 0.3) is 5.69 Å². The Hall–Kier alpha value is -3.46. The zero-order chi connectivity index (χ0) is 20.4. The van der Waals surface area contributed by atoms with Gasteiger partial charge in [-0.05, 0) is 49.8 Å². The van der Waals surface area contributed by atoms with Crippen LogP contribution in [-0.4, -0.2) is 19.4 Å². The zero-order valence-electron chi connectivity index (χ0n) is 15.6. The number of aromatic nitrogens is 2. The topological polar surface area (TPSA) is 94.1 Å². The van der Waals surface area contributed by atoms with Crippen molar-refractivity contribution in [2.24, 2.45) is 7.05 Å². The van der Waals surface area contributed by atoms with Crippen LogP contribution in [0.5, 0.6) is 0 Å². The van der Waals surface area contributed by atoms with Gasteiger partial charge in [-0.1, -0.05) is 24.3 Å². The van der Waals surface area contributed by atoms with Crippen molar-refractivity contribution in [3.63, 3.8) is 0 Å². The number of hydrogen-bond acceptors (Lipinski definition) is 4. The number of thiocarbonyl (C=S) groups is 1. The number of aryl methyl sites for hydroxylation is 1. The summed E-state index contributed by atoms with van der Waals surface area (Å²) in [5.41, 5.74) is 2.37. The van der Waals surface area contributed by atoms with Gasteiger partial charge >= 0.3 is 0 Å². The van der Waals surface area contributed by atoms with Gasteiger partial charge < -0.3 is 10.6 Å². The van der Waals surface area contributed by atoms with Crippen molar-refractivity contribution >= 4 is 34.4 Å². The van der Waals surface area contributed by atoms with Crippen LogP contribution in [0.1, 0.15) is 11.3 Å². The molecule has 0 saturated carbocycles. The predicted molar refractivity (Wildman–Crippen MR) is 113 cm³/mol. The van der Waals surface area contributed by atoms with E-state index in [1.54, 1.807) is 37.7 Å². The first-order valence-corrected chi connectivity index (χ1v) is 8.87. The van der Waals surface area contributed by atoms with Gasteiger partial charge in [-0.2, -0.15) is 0 Å². The van der Waals surface area contributed by atoms with Crippen molar-refractivity contribution < 1.29 is 4.92 Å². The molecular formula is C19H19N5O3S. The summed E-state index contributed by atoms with van der Waals surface area (Å²) in [6, 6.07) is 14.0. The Morgan fingerprint density at radius 2 is 1.79 bits per heavy atom. The van der Waals surface area contributed by atoms with E-state index in [1.165, 1.54) is 10.7 Å². The van der Waals surface area contributed by atoms with Crippen LogP contribution >= 0.6 is 12.2 Å². The molecule has 2 aromatic carbocycles. The van der Waals surface area contributed by atoms with Gasteiger partial charge in [-0.15, -0.1) is 0 Å². The van der Waals surface area contributed by atoms with E-state index in [9.17, 15) is 14.9 Å². The zero-order valence-corrected chi connectivity index (χ0v) is 16.4. The minimum absolute atomic E-state index is 0.0874. The summed E-state index contributed by atoms with van der Waals surface area (Å²) in [6.45, 7) is 3.56. The summed E-state index contributed by atoms with van der Waals surface area (Å²) in [6.07, 6.45) is 0. The van der Waals surface area contributed by atoms with E-state index in [1.807, 2.05) is 30.3 Å². The molecule has 28 heavy (non-hydrogen) atoms. The molecule has 8 nitrogen and oxygen atoms in total. The van der Waals surface area contributed by atoms with Crippen LogP contribution in [0, 0.1) is 24.0 Å². The van der Waals surface area contributed by atoms with Crippen LogP contribution in [0.4, 0.5) is 17.1 Å². The maximum atomic E-state index is 12.9. The van der Waals surface area contributed by atoms with E-state index in [2.05, 4.69) is 10.6 Å². The van der Waals surface area contributed by atoms with Gasteiger partial charge in [0.15, 0.2) is 5.11 Å². The Morgan fingerprint density at radius 3 is 2.43 bits per heavy atom. The van der Waals surface area contributed by atoms with Crippen LogP contribution < -0.4 is 16.2 Å². The lowest BCUT2D eigenvalue weighted by Gasteiger charge is -2.10. The number of benzene rings is 2. The van der Waals surface area contributed by atoms with Crippen molar-refractivity contribution in [2.75, 3.05) is 10.6 Å². The highest BCUT2D eigenvalue weighted by atomic mass is 32.1. The smallest absolute Gasteiger partial charge is 0.295 e. The maximum Gasteiger partial charge on any atom is 0.295 e. The molecule has 0 aliphatic heterocycles. The Bertz CT molecular complexity index is 1120. The number of para-hydroxylation sites is 1. The average molecular weight is 397 g/mol. The third-order valence-corrected chi connectivity index (χ3v) is 4.59. The largest absolute Gasteiger partial charge is 0.327 e. The third-order valence-electron chi connectivity index (χ3n) is 4.39. The molecule has 1 heterocycles. The lowest BCUT2D eigenvalue weighted by molar-refractivity contribution is -0.383. The van der Waals surface area contributed by atoms with E-state index in [0.29, 0.717) is 11.4 Å². The van der Waals surface area contributed by atoms with E-state index < -0.39 is 4.92 Å². The van der Waals surface area contributed by atoms with Gasteiger partial charge in [0.1, 0.15) is 11.4 Å². The molecule has 1 aromatic heterocycles. The monoisotopic (exact) mass is 397 g/mol. The van der Waals surface area contributed by atoms with Crippen molar-refractivity contribution in [1.29, 1.82) is 0 Å². The second-order valence-corrected chi connectivity index (χ2v) is 6.70. The highest BCUT2D eigenvalue weighted by Gasteiger charge is 2.19. The molecule has 0 aliphatic rings. The fourth-order valence-electron chi connectivity index (χ4n) is 2.88. The molecule has 0 unspecified atom stereocenters. The standard InChI is InChI=1S/C19H19N5O3S/c1-12-9-10-15(16(11-12)24(26)27)20-19(28)21-17-13(2)22(3)23(18(17)25)14-7-5-4-6-8-14/h4-11H,1-3H3,(H2,20,21,28). The maximum absolute atomic E-state index is 12.9. The summed E-state index contributed by atoms with van der Waals surface area (Å²) in [7, 11) is 1.77. The molecule has 0 aliphatic carbocycles. The SMILES string of the molecule is Cc1ccc(NC(=S)Nc2c(C)n(C)n(-c3ccccc3)c2=O)c([N+](=O)[O-])c1. The lowest BCUT2D eigenvalue weighted by Crippen LogP contribution is -2.25. The first-order chi connectivity index (χ1) is 13.3. The van der Waals surface area contributed by atoms with Crippen LogP contribution in [-0.2, 0) is 7.05 Å². The highest BCUT2D eigenvalue weighted by molar-refractivity contribution is 7.80. The normalized spacial score (nSPS) is 10.5. The van der Waals surface area contributed by atoms with Crippen molar-refractivity contribution in [1.82, 2.24) is 9.36 Å². The van der Waals surface area contributed by atoms with E-state index in [0.717, 1.165) is 11.3 Å². The molecule has 144 valence electrons. The van der Waals surface area contributed by atoms with Crippen molar-refractivity contribution in [3.8, 4) is 5.69 Å². The Kier molecular flexibility index (Phi) is 5.27. The van der Waals surface area contributed by atoms with Crippen LogP contribution in [0.3, 0.4) is 0 Å². The van der Waals surface area contributed by atoms with Crippen molar-refractivity contribution in [2.45, 2.75) is 13.8 Å². The summed E-state index contributed by atoms with van der Waals surface area (Å²) >= 11 is 5.28. The summed E-state index contributed by atoms with van der Waals surface area (Å²) < 4.78 is 3.24. The van der Waals surface area contributed by atoms with Crippen LogP contribution in [0.15, 0.2) is 53.3 Å². The molecule has 0 spiro atoms. The fourth-order valence-corrected chi connectivity index (χ4v) is 3.09. The lowest BCUT2D eigenvalue weighted by atomic mass is 10.2. The Morgan fingerprint density at radius 1 is 1.11 bits per heavy atom. The molecule has 0 atom stereocenters. The minimum Gasteiger partial charge on any atom is -0.327 e. The highest BCUT2D eigenvalue weighted by Crippen LogP contribution is 2.25.